The Kier molecular flexibility index (Phi) is 4.44. The lowest BCUT2D eigenvalue weighted by molar-refractivity contribution is -0.120. The van der Waals surface area contributed by atoms with Crippen molar-refractivity contribution in [1.82, 2.24) is 10.2 Å². The topological polar surface area (TPSA) is 44.4 Å². The standard InChI is InChI=1S/C17H25N3O/c1-2-18-17(21)11-13-3-5-15(6-4-13)19-16-8-10-20-9-7-14(16)12-20/h3-6,14,16,19H,2,7-12H2,1H3,(H,18,21). The van der Waals surface area contributed by atoms with Gasteiger partial charge in [0, 0.05) is 31.4 Å². The summed E-state index contributed by atoms with van der Waals surface area (Å²) in [5.41, 5.74) is 2.25. The summed E-state index contributed by atoms with van der Waals surface area (Å²) in [6.45, 7) is 6.39. The molecule has 2 aliphatic heterocycles. The minimum atomic E-state index is 0.0940. The zero-order chi connectivity index (χ0) is 14.7. The van der Waals surface area contributed by atoms with Gasteiger partial charge in [0.25, 0.3) is 0 Å². The summed E-state index contributed by atoms with van der Waals surface area (Å²) in [5.74, 6) is 0.894. The van der Waals surface area contributed by atoms with E-state index in [1.165, 1.54) is 38.2 Å². The Morgan fingerprint density at radius 1 is 1.24 bits per heavy atom. The van der Waals surface area contributed by atoms with Crippen molar-refractivity contribution in [2.45, 2.75) is 32.2 Å². The fraction of sp³-hybridized carbons (Fsp3) is 0.588. The number of hydrogen-bond donors (Lipinski definition) is 2. The van der Waals surface area contributed by atoms with Crippen molar-refractivity contribution in [3.8, 4) is 0 Å². The van der Waals surface area contributed by atoms with E-state index in [9.17, 15) is 4.79 Å². The third-order valence-electron chi connectivity index (χ3n) is 4.68. The van der Waals surface area contributed by atoms with Gasteiger partial charge in [-0.2, -0.15) is 0 Å². The summed E-state index contributed by atoms with van der Waals surface area (Å²) in [6.07, 6.45) is 3.04. The number of nitrogens with zero attached hydrogens (tertiary/aromatic N) is 1. The van der Waals surface area contributed by atoms with Gasteiger partial charge in [-0.1, -0.05) is 12.1 Å². The molecule has 21 heavy (non-hydrogen) atoms. The number of carbonyl (C=O) groups excluding carboxylic acids is 1. The van der Waals surface area contributed by atoms with Crippen molar-refractivity contribution in [3.05, 3.63) is 29.8 Å². The van der Waals surface area contributed by atoms with Gasteiger partial charge in [0.2, 0.25) is 5.91 Å². The molecule has 0 aliphatic carbocycles. The van der Waals surface area contributed by atoms with Crippen LogP contribution < -0.4 is 10.6 Å². The molecule has 2 bridgehead atoms. The van der Waals surface area contributed by atoms with E-state index in [2.05, 4.69) is 39.8 Å². The molecule has 0 saturated carbocycles. The van der Waals surface area contributed by atoms with Gasteiger partial charge in [-0.05, 0) is 49.9 Å². The van der Waals surface area contributed by atoms with Gasteiger partial charge in [0.05, 0.1) is 6.42 Å². The molecule has 2 fully saturated rings. The van der Waals surface area contributed by atoms with Gasteiger partial charge in [-0.25, -0.2) is 0 Å². The van der Waals surface area contributed by atoms with Gasteiger partial charge < -0.3 is 15.5 Å². The number of benzene rings is 1. The Labute approximate surface area is 126 Å². The van der Waals surface area contributed by atoms with Crippen LogP contribution in [-0.4, -0.2) is 43.0 Å². The summed E-state index contributed by atoms with van der Waals surface area (Å²) in [7, 11) is 0. The molecule has 3 rings (SSSR count). The van der Waals surface area contributed by atoms with E-state index < -0.39 is 0 Å². The lowest BCUT2D eigenvalue weighted by atomic mass is 9.94. The van der Waals surface area contributed by atoms with E-state index in [1.54, 1.807) is 0 Å². The first kappa shape index (κ1) is 14.4. The Hall–Kier alpha value is -1.55. The molecule has 4 heteroatoms. The van der Waals surface area contributed by atoms with Crippen molar-refractivity contribution in [3.63, 3.8) is 0 Å². The molecule has 1 amide bonds. The molecule has 2 heterocycles. The van der Waals surface area contributed by atoms with Crippen LogP contribution in [0.2, 0.25) is 0 Å². The third kappa shape index (κ3) is 3.56. The molecule has 3 unspecified atom stereocenters. The molecule has 0 radical (unpaired) electrons. The molecule has 0 aromatic heterocycles. The van der Waals surface area contributed by atoms with Crippen molar-refractivity contribution < 1.29 is 4.79 Å². The number of fused-ring (bicyclic) bond motifs is 2. The first-order chi connectivity index (χ1) is 10.2. The first-order valence-corrected chi connectivity index (χ1v) is 8.09. The predicted octanol–water partition coefficient (Wildman–Crippen LogP) is 1.87. The number of piperidine rings is 1. The largest absolute Gasteiger partial charge is 0.382 e. The number of nitrogens with one attached hydrogen (secondary N) is 2. The van der Waals surface area contributed by atoms with Gasteiger partial charge >= 0.3 is 0 Å². The number of amides is 1. The Bertz CT molecular complexity index is 485. The van der Waals surface area contributed by atoms with Gasteiger partial charge in [0.1, 0.15) is 0 Å². The second kappa shape index (κ2) is 6.48. The number of rotatable bonds is 5. The predicted molar refractivity (Wildman–Crippen MR) is 85.4 cm³/mol. The van der Waals surface area contributed by atoms with Crippen LogP contribution in [0.15, 0.2) is 24.3 Å². The highest BCUT2D eigenvalue weighted by Gasteiger charge is 2.33. The first-order valence-electron chi connectivity index (χ1n) is 8.09. The highest BCUT2D eigenvalue weighted by Crippen LogP contribution is 2.29. The Morgan fingerprint density at radius 2 is 2.00 bits per heavy atom. The van der Waals surface area contributed by atoms with E-state index >= 15 is 0 Å². The van der Waals surface area contributed by atoms with Gasteiger partial charge in [-0.15, -0.1) is 0 Å². The zero-order valence-electron chi connectivity index (χ0n) is 12.8. The number of carbonyl (C=O) groups is 1. The molecule has 2 saturated heterocycles. The van der Waals surface area contributed by atoms with Crippen LogP contribution in [0.25, 0.3) is 0 Å². The SMILES string of the molecule is CCNC(=O)Cc1ccc(NC2CCN3CCC2C3)cc1. The number of likely N-dealkylation sites (N-methyl/N-ethyl adjacent to an activating group) is 1. The number of anilines is 1. The van der Waals surface area contributed by atoms with Crippen molar-refractivity contribution >= 4 is 11.6 Å². The molecule has 4 nitrogen and oxygen atoms in total. The van der Waals surface area contributed by atoms with Crippen LogP contribution in [0.4, 0.5) is 5.69 Å². The number of hydrogen-bond acceptors (Lipinski definition) is 3. The summed E-state index contributed by atoms with van der Waals surface area (Å²) < 4.78 is 0. The summed E-state index contributed by atoms with van der Waals surface area (Å²) in [6, 6.07) is 8.94. The van der Waals surface area contributed by atoms with Gasteiger partial charge in [0.15, 0.2) is 0 Å². The maximum atomic E-state index is 11.6. The third-order valence-corrected chi connectivity index (χ3v) is 4.68. The summed E-state index contributed by atoms with van der Waals surface area (Å²) in [4.78, 5) is 14.1. The Morgan fingerprint density at radius 3 is 2.76 bits per heavy atom. The maximum absolute atomic E-state index is 11.6. The molecule has 2 aliphatic rings. The second-order valence-electron chi connectivity index (χ2n) is 6.22. The van der Waals surface area contributed by atoms with Crippen molar-refractivity contribution in [1.29, 1.82) is 0 Å². The van der Waals surface area contributed by atoms with Crippen LogP contribution in [0.3, 0.4) is 0 Å². The average molecular weight is 287 g/mol. The van der Waals surface area contributed by atoms with E-state index in [-0.39, 0.29) is 5.91 Å². The van der Waals surface area contributed by atoms with E-state index in [4.69, 9.17) is 0 Å². The Balaban J connectivity index is 1.55. The van der Waals surface area contributed by atoms with E-state index in [0.717, 1.165) is 11.5 Å². The molecule has 0 spiro atoms. The molecule has 2 N–H and O–H groups in total. The fourth-order valence-corrected chi connectivity index (χ4v) is 3.52. The van der Waals surface area contributed by atoms with E-state index in [0.29, 0.717) is 19.0 Å². The molecular weight excluding hydrogens is 262 g/mol. The zero-order valence-corrected chi connectivity index (χ0v) is 12.8. The molecule has 114 valence electrons. The highest BCUT2D eigenvalue weighted by molar-refractivity contribution is 5.78. The smallest absolute Gasteiger partial charge is 0.224 e. The minimum absolute atomic E-state index is 0.0940. The fourth-order valence-electron chi connectivity index (χ4n) is 3.52. The molecular formula is C17H25N3O. The highest BCUT2D eigenvalue weighted by atomic mass is 16.1. The van der Waals surface area contributed by atoms with Crippen LogP contribution in [0.5, 0.6) is 0 Å². The molecule has 1 aromatic carbocycles. The second-order valence-corrected chi connectivity index (χ2v) is 6.22. The van der Waals surface area contributed by atoms with Crippen LogP contribution in [-0.2, 0) is 11.2 Å². The summed E-state index contributed by atoms with van der Waals surface area (Å²) in [5, 5.41) is 6.52. The normalized spacial score (nSPS) is 27.4. The quantitative estimate of drug-likeness (QED) is 0.869. The van der Waals surface area contributed by atoms with Crippen LogP contribution in [0.1, 0.15) is 25.3 Å². The van der Waals surface area contributed by atoms with Crippen LogP contribution in [0, 0.1) is 5.92 Å². The van der Waals surface area contributed by atoms with Crippen molar-refractivity contribution in [2.75, 3.05) is 31.5 Å². The molecule has 1 aromatic rings. The lowest BCUT2D eigenvalue weighted by Gasteiger charge is -2.31. The monoisotopic (exact) mass is 287 g/mol. The summed E-state index contributed by atoms with van der Waals surface area (Å²) >= 11 is 0. The van der Waals surface area contributed by atoms with Crippen molar-refractivity contribution in [2.24, 2.45) is 5.92 Å². The average Bonchev–Trinajstić information content (AvgIpc) is 2.87. The lowest BCUT2D eigenvalue weighted by Crippen LogP contribution is -2.39. The van der Waals surface area contributed by atoms with Crippen LogP contribution >= 0.6 is 0 Å². The molecule has 3 atom stereocenters. The minimum Gasteiger partial charge on any atom is -0.382 e. The maximum Gasteiger partial charge on any atom is 0.224 e. The van der Waals surface area contributed by atoms with E-state index in [1.807, 2.05) is 6.92 Å². The van der Waals surface area contributed by atoms with Gasteiger partial charge in [-0.3, -0.25) is 4.79 Å².